The second kappa shape index (κ2) is 4.92. The highest BCUT2D eigenvalue weighted by Crippen LogP contribution is 2.26. The normalized spacial score (nSPS) is 10.1. The van der Waals surface area contributed by atoms with Crippen LogP contribution >= 0.6 is 0 Å². The van der Waals surface area contributed by atoms with Crippen molar-refractivity contribution in [2.24, 2.45) is 0 Å². The summed E-state index contributed by atoms with van der Waals surface area (Å²) in [4.78, 5) is 11.2. The van der Waals surface area contributed by atoms with Crippen LogP contribution in [0.1, 0.15) is 15.9 Å². The van der Waals surface area contributed by atoms with E-state index in [1.165, 1.54) is 0 Å². The molecule has 0 aliphatic heterocycles. The predicted molar refractivity (Wildman–Crippen MR) is 70.1 cm³/mol. The SMILES string of the molecule is COc1ccc(-c2cc(C)ccc2C(=O)O)cc1. The maximum Gasteiger partial charge on any atom is 0.336 e. The minimum absolute atomic E-state index is 0.311. The molecule has 92 valence electrons. The molecule has 18 heavy (non-hydrogen) atoms. The van der Waals surface area contributed by atoms with E-state index >= 15 is 0 Å². The van der Waals surface area contributed by atoms with Gasteiger partial charge in [-0.15, -0.1) is 0 Å². The van der Waals surface area contributed by atoms with Gasteiger partial charge in [-0.3, -0.25) is 0 Å². The maximum atomic E-state index is 11.2. The molecule has 3 heteroatoms. The zero-order valence-corrected chi connectivity index (χ0v) is 10.3. The van der Waals surface area contributed by atoms with Crippen LogP contribution in [0.2, 0.25) is 0 Å². The molecule has 0 radical (unpaired) electrons. The quantitative estimate of drug-likeness (QED) is 0.897. The lowest BCUT2D eigenvalue weighted by molar-refractivity contribution is 0.0697. The summed E-state index contributed by atoms with van der Waals surface area (Å²) >= 11 is 0. The third kappa shape index (κ3) is 2.35. The van der Waals surface area contributed by atoms with Crippen molar-refractivity contribution in [2.75, 3.05) is 7.11 Å². The van der Waals surface area contributed by atoms with E-state index in [1.54, 1.807) is 19.2 Å². The highest BCUT2D eigenvalue weighted by atomic mass is 16.5. The summed E-state index contributed by atoms with van der Waals surface area (Å²) < 4.78 is 5.09. The molecule has 3 nitrogen and oxygen atoms in total. The van der Waals surface area contributed by atoms with Gasteiger partial charge in [-0.25, -0.2) is 4.79 Å². The van der Waals surface area contributed by atoms with Gasteiger partial charge in [-0.05, 0) is 36.2 Å². The summed E-state index contributed by atoms with van der Waals surface area (Å²) in [7, 11) is 1.60. The van der Waals surface area contributed by atoms with Crippen LogP contribution in [0.3, 0.4) is 0 Å². The van der Waals surface area contributed by atoms with E-state index in [2.05, 4.69) is 0 Å². The predicted octanol–water partition coefficient (Wildman–Crippen LogP) is 3.37. The first-order valence-corrected chi connectivity index (χ1v) is 5.60. The molecule has 0 aromatic heterocycles. The van der Waals surface area contributed by atoms with Crippen molar-refractivity contribution in [3.05, 3.63) is 53.6 Å². The molecular weight excluding hydrogens is 228 g/mol. The number of carboxylic acids is 1. The zero-order chi connectivity index (χ0) is 13.1. The van der Waals surface area contributed by atoms with Gasteiger partial charge in [0.25, 0.3) is 0 Å². The number of ether oxygens (including phenoxy) is 1. The van der Waals surface area contributed by atoms with E-state index in [0.717, 1.165) is 22.4 Å². The molecule has 0 atom stereocenters. The molecule has 2 aromatic carbocycles. The Labute approximate surface area is 106 Å². The van der Waals surface area contributed by atoms with Gasteiger partial charge in [0.15, 0.2) is 0 Å². The molecule has 0 heterocycles. The van der Waals surface area contributed by atoms with Crippen LogP contribution in [-0.4, -0.2) is 18.2 Å². The highest BCUT2D eigenvalue weighted by molar-refractivity contribution is 5.96. The van der Waals surface area contributed by atoms with E-state index in [0.29, 0.717) is 5.56 Å². The molecule has 0 unspecified atom stereocenters. The Morgan fingerprint density at radius 2 is 1.78 bits per heavy atom. The van der Waals surface area contributed by atoms with Gasteiger partial charge < -0.3 is 9.84 Å². The number of rotatable bonds is 3. The minimum atomic E-state index is -0.916. The molecule has 0 spiro atoms. The number of hydrogen-bond acceptors (Lipinski definition) is 2. The van der Waals surface area contributed by atoms with Gasteiger partial charge in [-0.2, -0.15) is 0 Å². The molecule has 0 bridgehead atoms. The molecule has 1 N–H and O–H groups in total. The Morgan fingerprint density at radius 3 is 2.33 bits per heavy atom. The second-order valence-electron chi connectivity index (χ2n) is 4.08. The number of benzene rings is 2. The molecule has 0 saturated heterocycles. The number of aromatic carboxylic acids is 1. The van der Waals surface area contributed by atoms with Crippen LogP contribution in [0, 0.1) is 6.92 Å². The molecule has 0 amide bonds. The van der Waals surface area contributed by atoms with Crippen molar-refractivity contribution in [1.29, 1.82) is 0 Å². The van der Waals surface area contributed by atoms with Crippen LogP contribution in [-0.2, 0) is 0 Å². The van der Waals surface area contributed by atoms with Crippen molar-refractivity contribution in [2.45, 2.75) is 6.92 Å². The second-order valence-corrected chi connectivity index (χ2v) is 4.08. The van der Waals surface area contributed by atoms with Gasteiger partial charge in [0.1, 0.15) is 5.75 Å². The van der Waals surface area contributed by atoms with E-state index in [4.69, 9.17) is 4.74 Å². The Balaban J connectivity index is 2.54. The Kier molecular flexibility index (Phi) is 3.33. The van der Waals surface area contributed by atoms with Crippen molar-refractivity contribution in [1.82, 2.24) is 0 Å². The van der Waals surface area contributed by atoms with Crippen LogP contribution in [0.15, 0.2) is 42.5 Å². The van der Waals surface area contributed by atoms with E-state index < -0.39 is 5.97 Å². The van der Waals surface area contributed by atoms with Gasteiger partial charge in [0.05, 0.1) is 12.7 Å². The molecule has 0 fully saturated rings. The Morgan fingerprint density at radius 1 is 1.11 bits per heavy atom. The third-order valence-corrected chi connectivity index (χ3v) is 2.81. The fraction of sp³-hybridized carbons (Fsp3) is 0.133. The number of carbonyl (C=O) groups is 1. The number of carboxylic acid groups (broad SMARTS) is 1. The summed E-state index contributed by atoms with van der Waals surface area (Å²) in [6, 6.07) is 12.7. The standard InChI is InChI=1S/C15H14O3/c1-10-3-8-13(15(16)17)14(9-10)11-4-6-12(18-2)7-5-11/h3-9H,1-2H3,(H,16,17). The van der Waals surface area contributed by atoms with Crippen LogP contribution < -0.4 is 4.74 Å². The third-order valence-electron chi connectivity index (χ3n) is 2.81. The van der Waals surface area contributed by atoms with Gasteiger partial charge in [-0.1, -0.05) is 29.8 Å². The van der Waals surface area contributed by atoms with E-state index in [-0.39, 0.29) is 0 Å². The lowest BCUT2D eigenvalue weighted by atomic mass is 9.97. The minimum Gasteiger partial charge on any atom is -0.497 e. The number of methoxy groups -OCH3 is 1. The fourth-order valence-electron chi connectivity index (χ4n) is 1.85. The first-order chi connectivity index (χ1) is 8.61. The van der Waals surface area contributed by atoms with Crippen molar-refractivity contribution >= 4 is 5.97 Å². The first kappa shape index (κ1) is 12.2. The molecule has 2 aromatic rings. The van der Waals surface area contributed by atoms with Crippen molar-refractivity contribution < 1.29 is 14.6 Å². The monoisotopic (exact) mass is 242 g/mol. The summed E-state index contributed by atoms with van der Waals surface area (Å²) in [6.45, 7) is 1.94. The smallest absolute Gasteiger partial charge is 0.336 e. The largest absolute Gasteiger partial charge is 0.497 e. The fourth-order valence-corrected chi connectivity index (χ4v) is 1.85. The maximum absolute atomic E-state index is 11.2. The topological polar surface area (TPSA) is 46.5 Å². The average molecular weight is 242 g/mol. The molecular formula is C15H14O3. The summed E-state index contributed by atoms with van der Waals surface area (Å²) in [5.41, 5.74) is 2.94. The Hall–Kier alpha value is -2.29. The van der Waals surface area contributed by atoms with Gasteiger partial charge >= 0.3 is 5.97 Å². The summed E-state index contributed by atoms with van der Waals surface area (Å²) in [6.07, 6.45) is 0. The van der Waals surface area contributed by atoms with Crippen molar-refractivity contribution in [3.63, 3.8) is 0 Å². The molecule has 0 saturated carbocycles. The van der Waals surface area contributed by atoms with Crippen molar-refractivity contribution in [3.8, 4) is 16.9 Å². The number of aryl methyl sites for hydroxylation is 1. The van der Waals surface area contributed by atoms with Gasteiger partial charge in [0.2, 0.25) is 0 Å². The first-order valence-electron chi connectivity index (χ1n) is 5.60. The Bertz CT molecular complexity index is 571. The highest BCUT2D eigenvalue weighted by Gasteiger charge is 2.11. The van der Waals surface area contributed by atoms with Gasteiger partial charge in [0, 0.05) is 0 Å². The average Bonchev–Trinajstić information content (AvgIpc) is 2.38. The number of hydrogen-bond donors (Lipinski definition) is 1. The van der Waals surface area contributed by atoms with Crippen LogP contribution in [0.25, 0.3) is 11.1 Å². The van der Waals surface area contributed by atoms with E-state index in [9.17, 15) is 9.90 Å². The van der Waals surface area contributed by atoms with E-state index in [1.807, 2.05) is 37.3 Å². The van der Waals surface area contributed by atoms with Crippen LogP contribution in [0.5, 0.6) is 5.75 Å². The summed E-state index contributed by atoms with van der Waals surface area (Å²) in [5, 5.41) is 9.19. The van der Waals surface area contributed by atoms with Crippen LogP contribution in [0.4, 0.5) is 0 Å². The summed E-state index contributed by atoms with van der Waals surface area (Å²) in [5.74, 6) is -0.163. The lowest BCUT2D eigenvalue weighted by Gasteiger charge is -2.08. The zero-order valence-electron chi connectivity index (χ0n) is 10.3. The molecule has 2 rings (SSSR count). The lowest BCUT2D eigenvalue weighted by Crippen LogP contribution is -1.99. The molecule has 0 aliphatic carbocycles. The molecule has 0 aliphatic rings.